The lowest BCUT2D eigenvalue weighted by Crippen LogP contribution is -2.28. The highest BCUT2D eigenvalue weighted by atomic mass is 16.5. The number of hydrogen-bond acceptors (Lipinski definition) is 3. The number of hydrogen-bond donors (Lipinski definition) is 2. The van der Waals surface area contributed by atoms with Crippen molar-refractivity contribution in [1.82, 2.24) is 10.3 Å². The monoisotopic (exact) mass is 307 g/mol. The van der Waals surface area contributed by atoms with Gasteiger partial charge in [0.05, 0.1) is 19.3 Å². The SMILES string of the molecule is COc1cccc(NC(=O)NCc2nccc3ccccc23)c1. The summed E-state index contributed by atoms with van der Waals surface area (Å²) < 4.78 is 5.13. The van der Waals surface area contributed by atoms with Crippen LogP contribution in [0.4, 0.5) is 10.5 Å². The number of fused-ring (bicyclic) bond motifs is 1. The topological polar surface area (TPSA) is 63.2 Å². The molecule has 5 nitrogen and oxygen atoms in total. The molecule has 0 aliphatic rings. The zero-order valence-electron chi connectivity index (χ0n) is 12.7. The summed E-state index contributed by atoms with van der Waals surface area (Å²) >= 11 is 0. The molecule has 1 heterocycles. The van der Waals surface area contributed by atoms with Crippen LogP contribution in [0.25, 0.3) is 10.8 Å². The zero-order valence-corrected chi connectivity index (χ0v) is 12.7. The predicted molar refractivity (Wildman–Crippen MR) is 90.6 cm³/mol. The molecule has 116 valence electrons. The van der Waals surface area contributed by atoms with Crippen molar-refractivity contribution in [3.63, 3.8) is 0 Å². The molecule has 2 aromatic carbocycles. The van der Waals surface area contributed by atoms with E-state index >= 15 is 0 Å². The normalized spacial score (nSPS) is 10.3. The summed E-state index contributed by atoms with van der Waals surface area (Å²) in [5.74, 6) is 0.693. The molecule has 0 atom stereocenters. The zero-order chi connectivity index (χ0) is 16.1. The number of pyridine rings is 1. The molecule has 23 heavy (non-hydrogen) atoms. The van der Waals surface area contributed by atoms with Crippen LogP contribution in [0, 0.1) is 0 Å². The number of nitrogens with one attached hydrogen (secondary N) is 2. The van der Waals surface area contributed by atoms with Crippen LogP contribution in [-0.2, 0) is 6.54 Å². The lowest BCUT2D eigenvalue weighted by atomic mass is 10.1. The van der Waals surface area contributed by atoms with E-state index in [0.717, 1.165) is 16.5 Å². The van der Waals surface area contributed by atoms with Crippen LogP contribution in [0.5, 0.6) is 5.75 Å². The predicted octanol–water partition coefficient (Wildman–Crippen LogP) is 3.57. The highest BCUT2D eigenvalue weighted by Gasteiger charge is 2.06. The minimum Gasteiger partial charge on any atom is -0.497 e. The van der Waals surface area contributed by atoms with E-state index in [1.807, 2.05) is 42.5 Å². The van der Waals surface area contributed by atoms with Crippen molar-refractivity contribution in [1.29, 1.82) is 0 Å². The summed E-state index contributed by atoms with van der Waals surface area (Å²) in [5.41, 5.74) is 1.51. The van der Waals surface area contributed by atoms with Crippen LogP contribution in [0.2, 0.25) is 0 Å². The highest BCUT2D eigenvalue weighted by Crippen LogP contribution is 2.17. The van der Waals surface area contributed by atoms with Crippen molar-refractivity contribution in [2.24, 2.45) is 0 Å². The van der Waals surface area contributed by atoms with Crippen molar-refractivity contribution in [2.75, 3.05) is 12.4 Å². The molecule has 3 rings (SSSR count). The molecule has 0 saturated carbocycles. The molecule has 0 radical (unpaired) electrons. The van der Waals surface area contributed by atoms with E-state index < -0.39 is 0 Å². The lowest BCUT2D eigenvalue weighted by Gasteiger charge is -2.10. The summed E-state index contributed by atoms with van der Waals surface area (Å²) in [7, 11) is 1.59. The van der Waals surface area contributed by atoms with E-state index in [0.29, 0.717) is 18.0 Å². The Morgan fingerprint density at radius 2 is 2.00 bits per heavy atom. The molecule has 5 heteroatoms. The van der Waals surface area contributed by atoms with Gasteiger partial charge >= 0.3 is 6.03 Å². The lowest BCUT2D eigenvalue weighted by molar-refractivity contribution is 0.251. The number of benzene rings is 2. The fourth-order valence-corrected chi connectivity index (χ4v) is 2.36. The number of urea groups is 1. The molecule has 0 aliphatic carbocycles. The molecule has 2 amide bonds. The maximum absolute atomic E-state index is 12.0. The molecule has 0 saturated heterocycles. The first kappa shape index (κ1) is 14.8. The summed E-state index contributed by atoms with van der Waals surface area (Å²) in [6.07, 6.45) is 1.75. The second-order valence-corrected chi connectivity index (χ2v) is 5.02. The second kappa shape index (κ2) is 6.79. The third-order valence-electron chi connectivity index (χ3n) is 3.50. The Morgan fingerprint density at radius 1 is 1.13 bits per heavy atom. The number of carbonyl (C=O) groups excluding carboxylic acids is 1. The number of nitrogens with zero attached hydrogens (tertiary/aromatic N) is 1. The third-order valence-corrected chi connectivity index (χ3v) is 3.50. The van der Waals surface area contributed by atoms with Gasteiger partial charge in [-0.1, -0.05) is 30.3 Å². The third kappa shape index (κ3) is 3.58. The van der Waals surface area contributed by atoms with E-state index in [-0.39, 0.29) is 6.03 Å². The molecule has 1 aromatic heterocycles. The van der Waals surface area contributed by atoms with Crippen LogP contribution in [-0.4, -0.2) is 18.1 Å². The van der Waals surface area contributed by atoms with Gasteiger partial charge < -0.3 is 15.4 Å². The smallest absolute Gasteiger partial charge is 0.319 e. The Morgan fingerprint density at radius 3 is 2.87 bits per heavy atom. The molecular formula is C18H17N3O2. The number of aromatic nitrogens is 1. The van der Waals surface area contributed by atoms with Gasteiger partial charge in [0.15, 0.2) is 0 Å². The van der Waals surface area contributed by atoms with E-state index in [4.69, 9.17) is 4.74 Å². The van der Waals surface area contributed by atoms with Gasteiger partial charge in [-0.2, -0.15) is 0 Å². The van der Waals surface area contributed by atoms with Gasteiger partial charge in [-0.3, -0.25) is 4.98 Å². The first-order chi connectivity index (χ1) is 11.3. The van der Waals surface area contributed by atoms with Gasteiger partial charge in [0.1, 0.15) is 5.75 Å². The fraction of sp³-hybridized carbons (Fsp3) is 0.111. The van der Waals surface area contributed by atoms with Gasteiger partial charge in [0.25, 0.3) is 0 Å². The number of amides is 2. The van der Waals surface area contributed by atoms with Crippen LogP contribution < -0.4 is 15.4 Å². The van der Waals surface area contributed by atoms with Crippen molar-refractivity contribution < 1.29 is 9.53 Å². The van der Waals surface area contributed by atoms with Crippen molar-refractivity contribution in [2.45, 2.75) is 6.54 Å². The minimum absolute atomic E-state index is 0.284. The molecule has 0 spiro atoms. The largest absolute Gasteiger partial charge is 0.497 e. The average Bonchev–Trinajstić information content (AvgIpc) is 2.60. The molecule has 0 fully saturated rings. The van der Waals surface area contributed by atoms with E-state index in [1.165, 1.54) is 0 Å². The molecule has 0 bridgehead atoms. The first-order valence-electron chi connectivity index (χ1n) is 7.28. The maximum atomic E-state index is 12.0. The van der Waals surface area contributed by atoms with Crippen LogP contribution in [0.1, 0.15) is 5.69 Å². The molecule has 0 aliphatic heterocycles. The second-order valence-electron chi connectivity index (χ2n) is 5.02. The maximum Gasteiger partial charge on any atom is 0.319 e. The minimum atomic E-state index is -0.284. The Labute approximate surface area is 134 Å². The molecule has 0 unspecified atom stereocenters. The van der Waals surface area contributed by atoms with Crippen LogP contribution >= 0.6 is 0 Å². The van der Waals surface area contributed by atoms with Crippen molar-refractivity contribution >= 4 is 22.5 Å². The van der Waals surface area contributed by atoms with E-state index in [1.54, 1.807) is 25.4 Å². The summed E-state index contributed by atoms with van der Waals surface area (Å²) in [5, 5.41) is 7.74. The highest BCUT2D eigenvalue weighted by molar-refractivity contribution is 5.90. The Hall–Kier alpha value is -3.08. The van der Waals surface area contributed by atoms with Crippen molar-refractivity contribution in [3.8, 4) is 5.75 Å². The number of rotatable bonds is 4. The molecule has 2 N–H and O–H groups in total. The number of ether oxygens (including phenoxy) is 1. The standard InChI is InChI=1S/C18H17N3O2/c1-23-15-7-4-6-14(11-15)21-18(22)20-12-17-16-8-3-2-5-13(16)9-10-19-17/h2-11H,12H2,1H3,(H2,20,21,22). The Kier molecular flexibility index (Phi) is 4.38. The first-order valence-corrected chi connectivity index (χ1v) is 7.28. The Balaban J connectivity index is 1.66. The molecule has 3 aromatic rings. The summed E-state index contributed by atoms with van der Waals surface area (Å²) in [6.45, 7) is 0.358. The van der Waals surface area contributed by atoms with Crippen LogP contribution in [0.15, 0.2) is 60.8 Å². The van der Waals surface area contributed by atoms with Gasteiger partial charge in [0, 0.05) is 23.3 Å². The number of carbonyl (C=O) groups is 1. The van der Waals surface area contributed by atoms with E-state index in [2.05, 4.69) is 15.6 Å². The average molecular weight is 307 g/mol. The fourth-order valence-electron chi connectivity index (χ4n) is 2.36. The quantitative estimate of drug-likeness (QED) is 0.774. The van der Waals surface area contributed by atoms with Gasteiger partial charge in [-0.05, 0) is 23.6 Å². The van der Waals surface area contributed by atoms with E-state index in [9.17, 15) is 4.79 Å². The van der Waals surface area contributed by atoms with Gasteiger partial charge in [-0.15, -0.1) is 0 Å². The van der Waals surface area contributed by atoms with Crippen molar-refractivity contribution in [3.05, 3.63) is 66.5 Å². The Bertz CT molecular complexity index is 828. The summed E-state index contributed by atoms with van der Waals surface area (Å²) in [4.78, 5) is 16.4. The van der Waals surface area contributed by atoms with Gasteiger partial charge in [-0.25, -0.2) is 4.79 Å². The number of methoxy groups -OCH3 is 1. The van der Waals surface area contributed by atoms with Gasteiger partial charge in [0.2, 0.25) is 0 Å². The molecular weight excluding hydrogens is 290 g/mol. The number of anilines is 1. The van der Waals surface area contributed by atoms with Crippen LogP contribution in [0.3, 0.4) is 0 Å². The summed E-state index contributed by atoms with van der Waals surface area (Å²) in [6, 6.07) is 16.8.